The third-order valence-corrected chi connectivity index (χ3v) is 3.39. The minimum absolute atomic E-state index is 0.0237. The first kappa shape index (κ1) is 19.1. The highest BCUT2D eigenvalue weighted by atomic mass is 16.4. The Kier molecular flexibility index (Phi) is 7.41. The minimum Gasteiger partial charge on any atom is -0.481 e. The molecule has 0 aromatic heterocycles. The van der Waals surface area contributed by atoms with Gasteiger partial charge in [0.15, 0.2) is 0 Å². The number of amidine groups is 1. The second-order valence-corrected chi connectivity index (χ2v) is 5.37. The highest BCUT2D eigenvalue weighted by molar-refractivity contribution is 5.86. The predicted octanol–water partition coefficient (Wildman–Crippen LogP) is 0.424. The molecular formula is C16H22N4O4. The average Bonchev–Trinajstić information content (AvgIpc) is 2.52. The lowest BCUT2D eigenvalue weighted by atomic mass is 9.98. The molecule has 0 spiro atoms. The van der Waals surface area contributed by atoms with Crippen molar-refractivity contribution in [1.29, 1.82) is 5.41 Å². The Balaban J connectivity index is 2.35. The van der Waals surface area contributed by atoms with Gasteiger partial charge in [0.05, 0.1) is 18.3 Å². The standard InChI is InChI=1S/C16H22N4O4/c1-2-11(9-15(23)24)19-13(21)7-8-14(22)20-12-5-3-10(4-6-12)16(17)18/h2-3,5-6,10-11H,1,4,7-9H2,(H3,17,18)(H,19,21)(H,20,22)(H,23,24)/t10?,11-/m1/s1. The molecule has 1 aliphatic rings. The van der Waals surface area contributed by atoms with Crippen LogP contribution < -0.4 is 16.4 Å². The molecule has 2 amide bonds. The van der Waals surface area contributed by atoms with Gasteiger partial charge in [-0.2, -0.15) is 0 Å². The molecule has 0 bridgehead atoms. The SMILES string of the molecule is C=C[C@H](CC(=O)O)NC(=O)CCC(=O)NC1=CCC(C(=N)N)C=C1. The van der Waals surface area contributed by atoms with Crippen LogP contribution in [-0.4, -0.2) is 34.8 Å². The van der Waals surface area contributed by atoms with E-state index in [4.69, 9.17) is 16.2 Å². The summed E-state index contributed by atoms with van der Waals surface area (Å²) in [6, 6.07) is -0.662. The van der Waals surface area contributed by atoms with Crippen LogP contribution in [0.5, 0.6) is 0 Å². The third kappa shape index (κ3) is 6.91. The molecule has 1 rings (SSSR count). The van der Waals surface area contributed by atoms with Crippen molar-refractivity contribution in [3.8, 4) is 0 Å². The normalized spacial score (nSPS) is 17.3. The van der Waals surface area contributed by atoms with E-state index in [2.05, 4.69) is 17.2 Å². The van der Waals surface area contributed by atoms with E-state index in [1.807, 2.05) is 0 Å². The number of allylic oxidation sites excluding steroid dienone is 2. The Bertz CT molecular complexity index is 595. The number of nitrogens with two attached hydrogens (primary N) is 1. The Hall–Kier alpha value is -2.90. The molecule has 6 N–H and O–H groups in total. The van der Waals surface area contributed by atoms with Gasteiger partial charge in [-0.25, -0.2) is 0 Å². The Morgan fingerprint density at radius 2 is 2.08 bits per heavy atom. The smallest absolute Gasteiger partial charge is 0.305 e. The van der Waals surface area contributed by atoms with Gasteiger partial charge in [0.1, 0.15) is 0 Å². The predicted molar refractivity (Wildman–Crippen MR) is 89.0 cm³/mol. The van der Waals surface area contributed by atoms with Gasteiger partial charge >= 0.3 is 5.97 Å². The molecule has 0 saturated carbocycles. The molecule has 0 aliphatic heterocycles. The van der Waals surface area contributed by atoms with Crippen LogP contribution in [0.1, 0.15) is 25.7 Å². The lowest BCUT2D eigenvalue weighted by Gasteiger charge is -2.15. The molecule has 0 heterocycles. The molecule has 0 radical (unpaired) electrons. The van der Waals surface area contributed by atoms with E-state index in [-0.39, 0.29) is 36.9 Å². The topological polar surface area (TPSA) is 145 Å². The number of hydrogen-bond acceptors (Lipinski definition) is 4. The van der Waals surface area contributed by atoms with Crippen molar-refractivity contribution in [2.24, 2.45) is 11.7 Å². The first-order valence-electron chi connectivity index (χ1n) is 7.47. The van der Waals surface area contributed by atoms with Crippen molar-refractivity contribution in [2.75, 3.05) is 0 Å². The van der Waals surface area contributed by atoms with Gasteiger partial charge in [-0.1, -0.05) is 18.2 Å². The van der Waals surface area contributed by atoms with Crippen LogP contribution in [0.15, 0.2) is 36.6 Å². The van der Waals surface area contributed by atoms with Gasteiger partial charge in [-0.15, -0.1) is 6.58 Å². The van der Waals surface area contributed by atoms with Crippen molar-refractivity contribution >= 4 is 23.6 Å². The lowest BCUT2D eigenvalue weighted by molar-refractivity contribution is -0.137. The van der Waals surface area contributed by atoms with Gasteiger partial charge in [-0.05, 0) is 12.5 Å². The number of nitrogens with one attached hydrogen (secondary N) is 3. The quantitative estimate of drug-likeness (QED) is 0.236. The molecular weight excluding hydrogens is 312 g/mol. The molecule has 8 nitrogen and oxygen atoms in total. The summed E-state index contributed by atoms with van der Waals surface area (Å²) in [5.41, 5.74) is 6.01. The monoisotopic (exact) mass is 334 g/mol. The number of carbonyl (C=O) groups is 3. The Morgan fingerprint density at radius 3 is 2.58 bits per heavy atom. The average molecular weight is 334 g/mol. The Labute approximate surface area is 140 Å². The van der Waals surface area contributed by atoms with E-state index in [1.165, 1.54) is 6.08 Å². The summed E-state index contributed by atoms with van der Waals surface area (Å²) < 4.78 is 0. The van der Waals surface area contributed by atoms with Crippen LogP contribution in [0.2, 0.25) is 0 Å². The fourth-order valence-corrected chi connectivity index (χ4v) is 2.05. The zero-order valence-corrected chi connectivity index (χ0v) is 13.2. The molecule has 130 valence electrons. The van der Waals surface area contributed by atoms with E-state index in [1.54, 1.807) is 18.2 Å². The highest BCUT2D eigenvalue weighted by Crippen LogP contribution is 2.14. The number of amides is 2. The van der Waals surface area contributed by atoms with Crippen molar-refractivity contribution < 1.29 is 19.5 Å². The fraction of sp³-hybridized carbons (Fsp3) is 0.375. The summed E-state index contributed by atoms with van der Waals surface area (Å²) in [7, 11) is 0. The van der Waals surface area contributed by atoms with Crippen LogP contribution in [0.25, 0.3) is 0 Å². The summed E-state index contributed by atoms with van der Waals surface area (Å²) in [5.74, 6) is -1.86. The highest BCUT2D eigenvalue weighted by Gasteiger charge is 2.15. The van der Waals surface area contributed by atoms with Crippen molar-refractivity contribution in [3.63, 3.8) is 0 Å². The first-order valence-corrected chi connectivity index (χ1v) is 7.47. The maximum atomic E-state index is 11.8. The maximum Gasteiger partial charge on any atom is 0.305 e. The summed E-state index contributed by atoms with van der Waals surface area (Å²) >= 11 is 0. The number of hydrogen-bond donors (Lipinski definition) is 5. The van der Waals surface area contributed by atoms with Gasteiger partial charge in [0, 0.05) is 24.5 Å². The molecule has 0 saturated heterocycles. The third-order valence-electron chi connectivity index (χ3n) is 3.39. The molecule has 0 fully saturated rings. The van der Waals surface area contributed by atoms with Crippen LogP contribution in [0.3, 0.4) is 0 Å². The largest absolute Gasteiger partial charge is 0.481 e. The number of carbonyl (C=O) groups excluding carboxylic acids is 2. The summed E-state index contributed by atoms with van der Waals surface area (Å²) in [4.78, 5) is 34.1. The maximum absolute atomic E-state index is 11.8. The zero-order chi connectivity index (χ0) is 18.1. The molecule has 2 atom stereocenters. The molecule has 24 heavy (non-hydrogen) atoms. The summed E-state index contributed by atoms with van der Waals surface area (Å²) in [6.45, 7) is 3.46. The summed E-state index contributed by atoms with van der Waals surface area (Å²) in [5, 5.41) is 21.2. The van der Waals surface area contributed by atoms with Gasteiger partial charge in [0.25, 0.3) is 0 Å². The van der Waals surface area contributed by atoms with E-state index < -0.39 is 17.9 Å². The van der Waals surface area contributed by atoms with Crippen LogP contribution in [-0.2, 0) is 14.4 Å². The van der Waals surface area contributed by atoms with Gasteiger partial charge in [-0.3, -0.25) is 19.8 Å². The zero-order valence-electron chi connectivity index (χ0n) is 13.2. The van der Waals surface area contributed by atoms with Crippen LogP contribution in [0.4, 0.5) is 0 Å². The first-order chi connectivity index (χ1) is 11.3. The molecule has 1 unspecified atom stereocenters. The van der Waals surface area contributed by atoms with E-state index in [0.29, 0.717) is 12.1 Å². The fourth-order valence-electron chi connectivity index (χ4n) is 2.05. The molecule has 0 aromatic rings. The number of carboxylic acid groups (broad SMARTS) is 1. The van der Waals surface area contributed by atoms with E-state index in [0.717, 1.165) is 0 Å². The number of aliphatic carboxylic acids is 1. The van der Waals surface area contributed by atoms with E-state index in [9.17, 15) is 14.4 Å². The molecule has 1 aliphatic carbocycles. The molecule has 8 heteroatoms. The van der Waals surface area contributed by atoms with Gasteiger partial charge < -0.3 is 21.5 Å². The van der Waals surface area contributed by atoms with Crippen molar-refractivity contribution in [1.82, 2.24) is 10.6 Å². The minimum atomic E-state index is -1.04. The summed E-state index contributed by atoms with van der Waals surface area (Å²) in [6.07, 6.45) is 6.74. The number of rotatable bonds is 9. The van der Waals surface area contributed by atoms with Crippen LogP contribution in [0, 0.1) is 11.3 Å². The van der Waals surface area contributed by atoms with Crippen molar-refractivity contribution in [2.45, 2.75) is 31.7 Å². The van der Waals surface area contributed by atoms with Crippen LogP contribution >= 0.6 is 0 Å². The second kappa shape index (κ2) is 9.29. The number of carboxylic acids is 1. The van der Waals surface area contributed by atoms with Crippen molar-refractivity contribution in [3.05, 3.63) is 36.6 Å². The molecule has 0 aromatic carbocycles. The Morgan fingerprint density at radius 1 is 1.42 bits per heavy atom. The van der Waals surface area contributed by atoms with Gasteiger partial charge in [0.2, 0.25) is 11.8 Å². The lowest BCUT2D eigenvalue weighted by Crippen LogP contribution is -2.35. The van der Waals surface area contributed by atoms with E-state index >= 15 is 0 Å². The second-order valence-electron chi connectivity index (χ2n) is 5.37.